The van der Waals surface area contributed by atoms with Crippen LogP contribution in [0.2, 0.25) is 0 Å². The second-order valence-corrected chi connectivity index (χ2v) is 34.3. The van der Waals surface area contributed by atoms with E-state index >= 15 is 0 Å². The Morgan fingerprint density at radius 2 is 1.07 bits per heavy atom. The van der Waals surface area contributed by atoms with Gasteiger partial charge in [0, 0.05) is 138 Å². The molecule has 6 heterocycles. The van der Waals surface area contributed by atoms with Gasteiger partial charge in [-0.2, -0.15) is 32.3 Å². The largest absolute Gasteiger partial charge is 0.382 e. The number of nitrogens with zero attached hydrogens (tertiary/aromatic N) is 9. The minimum Gasteiger partial charge on any atom is -0.382 e. The predicted octanol–water partition coefficient (Wildman–Crippen LogP) is 12.5. The number of urea groups is 1. The molecule has 7 N–H and O–H groups in total. The zero-order chi connectivity index (χ0) is 84.7. The van der Waals surface area contributed by atoms with Gasteiger partial charge in [0.2, 0.25) is 11.8 Å². The molecule has 0 spiro atoms. The molecule has 0 saturated carbocycles. The van der Waals surface area contributed by atoms with Crippen molar-refractivity contribution in [2.45, 2.75) is 315 Å². The minimum absolute atomic E-state index is 0.0115. The van der Waals surface area contributed by atoms with Crippen molar-refractivity contribution in [1.82, 2.24) is 60.1 Å². The van der Waals surface area contributed by atoms with Gasteiger partial charge < -0.3 is 79.0 Å². The van der Waals surface area contributed by atoms with Crippen LogP contribution in [-0.4, -0.2) is 223 Å². The Morgan fingerprint density at radius 1 is 0.643 bits per heavy atom. The Morgan fingerprint density at radius 3 is 1.53 bits per heavy atom. The average Bonchev–Trinajstić information content (AvgIpc) is 1.64. The third kappa shape index (κ3) is 36.4. The molecule has 34 heteroatoms. The fourth-order valence-corrected chi connectivity index (χ4v) is 19.0. The van der Waals surface area contributed by atoms with E-state index < -0.39 is 79.4 Å². The number of amides is 4. The number of methoxy groups -OCH3 is 3. The summed E-state index contributed by atoms with van der Waals surface area (Å²) in [7, 11) is -4.74. The highest BCUT2D eigenvalue weighted by atomic mass is 32.2. The first-order chi connectivity index (χ1) is 55.7. The van der Waals surface area contributed by atoms with Crippen molar-refractivity contribution in [1.29, 1.82) is 10.5 Å². The lowest BCUT2D eigenvalue weighted by atomic mass is 10.0. The number of ether oxygens (including phenoxy) is 5. The smallest absolute Gasteiger partial charge is 0.351 e. The molecule has 638 valence electrons. The molecule has 6 rings (SSSR count). The van der Waals surface area contributed by atoms with Crippen molar-refractivity contribution in [3.05, 3.63) is 44.5 Å². The van der Waals surface area contributed by atoms with Crippen LogP contribution in [0.15, 0.2) is 22.0 Å². The van der Waals surface area contributed by atoms with Crippen molar-refractivity contribution in [3.63, 3.8) is 0 Å². The highest BCUT2D eigenvalue weighted by Crippen LogP contribution is 2.51. The summed E-state index contributed by atoms with van der Waals surface area (Å²) in [5.41, 5.74) is 0.598. The summed E-state index contributed by atoms with van der Waals surface area (Å²) in [6, 6.07) is 5.16. The molecular weight excluding hydrogens is 1500 g/mol. The number of carbonyl (C=O) groups is 3. The summed E-state index contributed by atoms with van der Waals surface area (Å²) in [5.74, 6) is 2.27. The summed E-state index contributed by atoms with van der Waals surface area (Å²) in [6.45, 7) is 25.4. The lowest BCUT2D eigenvalue weighted by Crippen LogP contribution is -2.36. The van der Waals surface area contributed by atoms with Gasteiger partial charge in [-0.15, -0.1) is 9.60 Å². The van der Waals surface area contributed by atoms with Gasteiger partial charge >= 0.3 is 17.4 Å². The van der Waals surface area contributed by atoms with E-state index in [2.05, 4.69) is 68.7 Å². The van der Waals surface area contributed by atoms with E-state index in [-0.39, 0.29) is 88.0 Å². The van der Waals surface area contributed by atoms with Crippen molar-refractivity contribution < 1.29 is 66.1 Å². The quantitative estimate of drug-likeness (QED) is 0.0106. The minimum atomic E-state index is -1.60. The SMILES string of the molecule is [2H]C([3H])OCC1OC(n2cc(C)c(NCCCCCCCNC(=O)CCCCCCNC(=O)CCCCCNCCCCCC3SCC4NC(=O)NC43)nc2=O)CC1OP(OCCC#N)N(C(C)C)C(C)C.[2H]C([3H])OCC1OC(n2cc(C)c(NCCCCCCN(F)COC)nc2=O)CC1OP(OCCC#N)N(C(C)C)C(C)C. The number of aryl methyl sites for hydroxylation is 2. The third-order valence-corrected chi connectivity index (χ3v) is 25.4. The van der Waals surface area contributed by atoms with Crippen molar-refractivity contribution in [2.75, 3.05) is 117 Å². The summed E-state index contributed by atoms with van der Waals surface area (Å²) in [4.78, 5) is 71.2. The zero-order valence-electron chi connectivity index (χ0n) is 72.8. The second kappa shape index (κ2) is 56.5. The van der Waals surface area contributed by atoms with Gasteiger partial charge in [-0.25, -0.2) is 23.7 Å². The van der Waals surface area contributed by atoms with Gasteiger partial charge in [0.25, 0.3) is 17.1 Å². The molecule has 4 aliphatic heterocycles. The highest BCUT2D eigenvalue weighted by molar-refractivity contribution is 8.00. The van der Waals surface area contributed by atoms with Crippen LogP contribution >= 0.6 is 28.8 Å². The molecule has 0 bridgehead atoms. The monoisotopic (exact) mass is 1640 g/mol. The highest BCUT2D eigenvalue weighted by Gasteiger charge is 2.45. The van der Waals surface area contributed by atoms with E-state index in [0.29, 0.717) is 92.5 Å². The average molecular weight is 1640 g/mol. The predicted molar refractivity (Wildman–Crippen MR) is 440 cm³/mol. The molecule has 13 atom stereocenters. The van der Waals surface area contributed by atoms with Gasteiger partial charge in [-0.05, 0) is 147 Å². The molecule has 2 aromatic rings. The fourth-order valence-electron chi connectivity index (χ4n) is 14.0. The number of rotatable bonds is 60. The number of fused-ring (bicyclic) bond motifs is 1. The standard InChI is InChI=1S/C50H89N10O8PS.C28H50FN6O6P/c1-37(2)60(38(3)4)69(66-32-22-26-51)68-41-33-46(67-42(41)35-65-6)59-34-39(5)48(58-50(59)64)55-31-21-10-7-9-19-29-53-44(61)24-15-8-11-20-30-54-45(62)25-16-13-18-28-52-27-17-12-14-23-43-47-40(36-70-43)56-49(63)57-47;1-21(2)35(22(3)4)42(39-16-12-13-30)41-24-17-26(40-25(24)19-37-6)34-18-23(5)27(32-28(34)36)31-14-10-8-9-11-15-33(29)20-38-7/h34,37-38,40-43,46-47,52H,7-25,27-33,35-36H2,1-6H3,(H,53,61)(H,54,62)(H,55,58,64)(H2,56,57,63);18,21-22,24-26H,8-12,14-17,19-20H2,1-7H3,(H,31,32,36)/i2*6TD. The maximum Gasteiger partial charge on any atom is 0.351 e. The van der Waals surface area contributed by atoms with Crippen LogP contribution in [0.25, 0.3) is 0 Å². The van der Waals surface area contributed by atoms with E-state index in [9.17, 15) is 28.5 Å². The summed E-state index contributed by atoms with van der Waals surface area (Å²) in [5, 5.41) is 41.6. The van der Waals surface area contributed by atoms with Gasteiger partial charge in [0.1, 0.15) is 43.0 Å². The van der Waals surface area contributed by atoms with E-state index in [4.69, 9.17) is 57.8 Å². The summed E-state index contributed by atoms with van der Waals surface area (Å²) >= 11 is 1.98. The fraction of sp³-hybridized carbons (Fsp3) is 0.833. The Balaban J connectivity index is 0.000000466. The molecule has 112 heavy (non-hydrogen) atoms. The number of unbranched alkanes of at least 4 members (excludes halogenated alkanes) is 14. The number of nitrogens with one attached hydrogen (secondary N) is 7. The molecular formula is C78H139FN16O14P2S. The number of hydrogen-bond donors (Lipinski definition) is 7. The normalized spacial score (nSPS) is 21.7. The molecule has 4 saturated heterocycles. The Bertz CT molecular complexity index is 3300. The van der Waals surface area contributed by atoms with Crippen LogP contribution < -0.4 is 48.6 Å². The van der Waals surface area contributed by atoms with Crippen LogP contribution in [0.5, 0.6) is 0 Å². The number of nitriles is 2. The van der Waals surface area contributed by atoms with Gasteiger partial charge in [-0.3, -0.25) is 18.7 Å². The number of carbonyl (C=O) groups excluding carboxylic acids is 3. The second-order valence-electron chi connectivity index (χ2n) is 30.2. The van der Waals surface area contributed by atoms with E-state index in [1.54, 1.807) is 12.4 Å². The molecule has 2 aromatic heterocycles. The van der Waals surface area contributed by atoms with Crippen LogP contribution in [0.1, 0.15) is 251 Å². The third-order valence-electron chi connectivity index (χ3n) is 19.6. The van der Waals surface area contributed by atoms with Crippen LogP contribution in [0.4, 0.5) is 20.9 Å². The van der Waals surface area contributed by atoms with Crippen LogP contribution in [0, 0.1) is 36.5 Å². The van der Waals surface area contributed by atoms with Gasteiger partial charge in [0.15, 0.2) is 0 Å². The molecule has 13 unspecified atom stereocenters. The van der Waals surface area contributed by atoms with E-state index in [1.165, 1.54) is 41.9 Å². The van der Waals surface area contributed by atoms with Gasteiger partial charge in [0.05, 0.1) is 81.2 Å². The molecule has 4 fully saturated rings. The lowest BCUT2D eigenvalue weighted by Gasteiger charge is -2.37. The Labute approximate surface area is 679 Å². The number of thioether (sulfide) groups is 1. The first-order valence-electron chi connectivity index (χ1n) is 43.3. The number of aromatic nitrogens is 4. The molecule has 4 amide bonds. The Kier molecular flexibility index (Phi) is 45.9. The van der Waals surface area contributed by atoms with E-state index in [1.807, 2.05) is 81.0 Å². The number of hydrogen-bond acceptors (Lipinski definition) is 25. The summed E-state index contributed by atoms with van der Waals surface area (Å²) in [6.07, 6.45) is 21.5. The van der Waals surface area contributed by atoms with Gasteiger partial charge in [-0.1, -0.05) is 64.2 Å². The first kappa shape index (κ1) is 91.1. The maximum atomic E-state index is 13.4. The maximum absolute atomic E-state index is 13.4. The Hall–Kier alpha value is -4.83. The van der Waals surface area contributed by atoms with Crippen molar-refractivity contribution in [2.24, 2.45) is 0 Å². The molecule has 30 nitrogen and oxygen atoms in total. The van der Waals surface area contributed by atoms with Crippen molar-refractivity contribution in [3.8, 4) is 12.1 Å². The van der Waals surface area contributed by atoms with E-state index in [0.717, 1.165) is 133 Å². The zero-order valence-corrected chi connectivity index (χ0v) is 71.4. The molecule has 0 aromatic carbocycles. The molecule has 0 radical (unpaired) electrons. The topological polar surface area (TPSA) is 346 Å². The number of halogens is 1. The lowest BCUT2D eigenvalue weighted by molar-refractivity contribution is -0.121. The summed E-state index contributed by atoms with van der Waals surface area (Å²) < 4.78 is 104. The molecule has 0 aliphatic carbocycles. The van der Waals surface area contributed by atoms with Crippen molar-refractivity contribution >= 4 is 58.3 Å². The van der Waals surface area contributed by atoms with Crippen LogP contribution in [0.3, 0.4) is 0 Å². The van der Waals surface area contributed by atoms with Crippen LogP contribution in [-0.2, 0) is 51.4 Å². The molecule has 4 aliphatic rings. The number of anilines is 2. The first-order valence-corrected chi connectivity index (χ1v) is 44.3.